The molecule has 2 aliphatic rings. The van der Waals surface area contributed by atoms with Gasteiger partial charge >= 0.3 is 5.97 Å². The van der Waals surface area contributed by atoms with Crippen LogP contribution in [0.4, 0.5) is 0 Å². The standard InChI is InChI=1S/C9H10N2O2/c12-9(13)7-4-10-11-2-1-5-3-6(5)8(7)11/h4-6H,1-3H2,(H,12,13). The molecule has 0 saturated heterocycles. The van der Waals surface area contributed by atoms with Crippen molar-refractivity contribution < 1.29 is 9.90 Å². The van der Waals surface area contributed by atoms with Gasteiger partial charge in [-0.3, -0.25) is 4.68 Å². The first-order valence-corrected chi connectivity index (χ1v) is 4.56. The quantitative estimate of drug-likeness (QED) is 0.700. The first kappa shape index (κ1) is 7.12. The van der Waals surface area contributed by atoms with Gasteiger partial charge in [-0.2, -0.15) is 5.10 Å². The molecular formula is C9H10N2O2. The molecule has 1 aromatic rings. The molecule has 0 aromatic carbocycles. The van der Waals surface area contributed by atoms with Crippen LogP contribution >= 0.6 is 0 Å². The fourth-order valence-corrected chi connectivity index (χ4v) is 2.32. The molecule has 4 nitrogen and oxygen atoms in total. The minimum atomic E-state index is -0.839. The SMILES string of the molecule is O=C(O)c1cnn2c1C1CC1CC2. The Morgan fingerprint density at radius 2 is 2.54 bits per heavy atom. The fraction of sp³-hybridized carbons (Fsp3) is 0.556. The van der Waals surface area contributed by atoms with Gasteiger partial charge < -0.3 is 5.11 Å². The lowest BCUT2D eigenvalue weighted by Gasteiger charge is -2.12. The van der Waals surface area contributed by atoms with Crippen LogP contribution in [0.5, 0.6) is 0 Å². The van der Waals surface area contributed by atoms with Crippen molar-refractivity contribution in [1.29, 1.82) is 0 Å². The van der Waals surface area contributed by atoms with Crippen LogP contribution in [0.15, 0.2) is 6.20 Å². The zero-order valence-corrected chi connectivity index (χ0v) is 7.10. The van der Waals surface area contributed by atoms with Crippen molar-refractivity contribution in [1.82, 2.24) is 9.78 Å². The van der Waals surface area contributed by atoms with Crippen molar-refractivity contribution in [3.63, 3.8) is 0 Å². The zero-order valence-electron chi connectivity index (χ0n) is 7.10. The molecule has 4 heteroatoms. The summed E-state index contributed by atoms with van der Waals surface area (Å²) in [5.41, 5.74) is 1.37. The number of aryl methyl sites for hydroxylation is 1. The number of hydrogen-bond donors (Lipinski definition) is 1. The molecule has 0 amide bonds. The van der Waals surface area contributed by atoms with Crippen LogP contribution in [0.1, 0.15) is 34.8 Å². The van der Waals surface area contributed by atoms with Gasteiger partial charge in [0.2, 0.25) is 0 Å². The van der Waals surface area contributed by atoms with Crippen molar-refractivity contribution in [2.75, 3.05) is 0 Å². The zero-order chi connectivity index (χ0) is 9.00. The summed E-state index contributed by atoms with van der Waals surface area (Å²) in [6, 6.07) is 0. The van der Waals surface area contributed by atoms with Gasteiger partial charge in [-0.1, -0.05) is 0 Å². The third kappa shape index (κ3) is 0.855. The molecule has 1 fully saturated rings. The molecule has 0 radical (unpaired) electrons. The molecule has 1 saturated carbocycles. The number of aromatic nitrogens is 2. The van der Waals surface area contributed by atoms with E-state index in [4.69, 9.17) is 5.11 Å². The van der Waals surface area contributed by atoms with Crippen LogP contribution < -0.4 is 0 Å². The molecule has 3 rings (SSSR count). The average molecular weight is 178 g/mol. The molecule has 2 unspecified atom stereocenters. The van der Waals surface area contributed by atoms with Crippen LogP contribution in [0, 0.1) is 5.92 Å². The minimum Gasteiger partial charge on any atom is -0.478 e. The molecule has 2 atom stereocenters. The molecule has 68 valence electrons. The maximum Gasteiger partial charge on any atom is 0.339 e. The van der Waals surface area contributed by atoms with Crippen molar-refractivity contribution in [3.05, 3.63) is 17.5 Å². The Balaban J connectivity index is 2.14. The van der Waals surface area contributed by atoms with Gasteiger partial charge in [-0.05, 0) is 18.8 Å². The number of rotatable bonds is 1. The number of aromatic carboxylic acids is 1. The van der Waals surface area contributed by atoms with E-state index in [0.717, 1.165) is 24.6 Å². The normalized spacial score (nSPS) is 29.2. The van der Waals surface area contributed by atoms with Gasteiger partial charge in [0.25, 0.3) is 0 Å². The first-order chi connectivity index (χ1) is 6.27. The summed E-state index contributed by atoms with van der Waals surface area (Å²) in [5, 5.41) is 13.0. The van der Waals surface area contributed by atoms with E-state index in [0.29, 0.717) is 11.5 Å². The second-order valence-corrected chi connectivity index (χ2v) is 3.86. The molecule has 1 aliphatic heterocycles. The molecule has 1 aromatic heterocycles. The highest BCUT2D eigenvalue weighted by atomic mass is 16.4. The smallest absolute Gasteiger partial charge is 0.339 e. The van der Waals surface area contributed by atoms with E-state index in [1.807, 2.05) is 4.68 Å². The highest BCUT2D eigenvalue weighted by Crippen LogP contribution is 2.53. The van der Waals surface area contributed by atoms with E-state index in [1.165, 1.54) is 12.6 Å². The van der Waals surface area contributed by atoms with E-state index in [9.17, 15) is 4.79 Å². The predicted molar refractivity (Wildman–Crippen MR) is 44.7 cm³/mol. The highest BCUT2D eigenvalue weighted by molar-refractivity contribution is 5.89. The molecule has 2 heterocycles. The summed E-state index contributed by atoms with van der Waals surface area (Å²) in [5.74, 6) is 0.387. The van der Waals surface area contributed by atoms with E-state index >= 15 is 0 Å². The summed E-state index contributed by atoms with van der Waals surface area (Å²) in [6.07, 6.45) is 3.81. The van der Waals surface area contributed by atoms with Gasteiger partial charge in [0, 0.05) is 12.5 Å². The Bertz CT molecular complexity index is 383. The molecule has 0 bridgehead atoms. The maximum atomic E-state index is 10.8. The Kier molecular flexibility index (Phi) is 1.17. The lowest BCUT2D eigenvalue weighted by Crippen LogP contribution is -2.12. The third-order valence-corrected chi connectivity index (χ3v) is 3.10. The molecule has 13 heavy (non-hydrogen) atoms. The van der Waals surface area contributed by atoms with Crippen molar-refractivity contribution in [3.8, 4) is 0 Å². The molecule has 0 spiro atoms. The summed E-state index contributed by atoms with van der Waals surface area (Å²) >= 11 is 0. The maximum absolute atomic E-state index is 10.8. The highest BCUT2D eigenvalue weighted by Gasteiger charge is 2.45. The number of carbonyl (C=O) groups is 1. The monoisotopic (exact) mass is 178 g/mol. The Morgan fingerprint density at radius 3 is 3.31 bits per heavy atom. The Hall–Kier alpha value is -1.32. The van der Waals surface area contributed by atoms with Gasteiger partial charge in [0.05, 0.1) is 11.9 Å². The van der Waals surface area contributed by atoms with E-state index in [-0.39, 0.29) is 0 Å². The summed E-state index contributed by atoms with van der Waals surface area (Å²) in [4.78, 5) is 10.8. The van der Waals surface area contributed by atoms with Crippen LogP contribution in [-0.2, 0) is 6.54 Å². The number of hydrogen-bond acceptors (Lipinski definition) is 2. The van der Waals surface area contributed by atoms with Crippen LogP contribution in [0.2, 0.25) is 0 Å². The first-order valence-electron chi connectivity index (χ1n) is 4.56. The fourth-order valence-electron chi connectivity index (χ4n) is 2.32. The van der Waals surface area contributed by atoms with Crippen molar-refractivity contribution in [2.24, 2.45) is 5.92 Å². The second-order valence-electron chi connectivity index (χ2n) is 3.86. The Labute approximate surface area is 75.2 Å². The summed E-state index contributed by atoms with van der Waals surface area (Å²) in [6.45, 7) is 0.893. The number of nitrogens with zero attached hydrogens (tertiary/aromatic N) is 2. The molecule has 1 N–H and O–H groups in total. The van der Waals surface area contributed by atoms with Gasteiger partial charge in [0.15, 0.2) is 0 Å². The number of fused-ring (bicyclic) bond motifs is 3. The predicted octanol–water partition coefficient (Wildman–Crippen LogP) is 1.09. The lowest BCUT2D eigenvalue weighted by atomic mass is 10.1. The van der Waals surface area contributed by atoms with Gasteiger partial charge in [-0.25, -0.2) is 4.79 Å². The lowest BCUT2D eigenvalue weighted by molar-refractivity contribution is 0.0695. The molecule has 1 aliphatic carbocycles. The number of carboxylic acid groups (broad SMARTS) is 1. The van der Waals surface area contributed by atoms with Gasteiger partial charge in [0.1, 0.15) is 5.56 Å². The third-order valence-electron chi connectivity index (χ3n) is 3.10. The molecular weight excluding hydrogens is 168 g/mol. The van der Waals surface area contributed by atoms with E-state index < -0.39 is 5.97 Å². The van der Waals surface area contributed by atoms with Crippen LogP contribution in [-0.4, -0.2) is 20.9 Å². The Morgan fingerprint density at radius 1 is 1.69 bits per heavy atom. The van der Waals surface area contributed by atoms with Crippen molar-refractivity contribution >= 4 is 5.97 Å². The van der Waals surface area contributed by atoms with Gasteiger partial charge in [-0.15, -0.1) is 0 Å². The summed E-state index contributed by atoms with van der Waals surface area (Å²) < 4.78 is 1.86. The van der Waals surface area contributed by atoms with E-state index in [1.54, 1.807) is 0 Å². The number of carboxylic acids is 1. The minimum absolute atomic E-state index is 0.409. The van der Waals surface area contributed by atoms with E-state index in [2.05, 4.69) is 5.10 Å². The summed E-state index contributed by atoms with van der Waals surface area (Å²) in [7, 11) is 0. The largest absolute Gasteiger partial charge is 0.478 e. The topological polar surface area (TPSA) is 55.1 Å². The van der Waals surface area contributed by atoms with Crippen molar-refractivity contribution in [2.45, 2.75) is 25.3 Å². The second kappa shape index (κ2) is 2.13. The average Bonchev–Trinajstić information content (AvgIpc) is 2.76. The van der Waals surface area contributed by atoms with Crippen LogP contribution in [0.25, 0.3) is 0 Å². The van der Waals surface area contributed by atoms with Crippen LogP contribution in [0.3, 0.4) is 0 Å².